The molecule has 2 aromatic heterocycles. The number of aliphatic carboxylic acids is 1. The molecule has 4 rings (SSSR count). The fourth-order valence-electron chi connectivity index (χ4n) is 4.15. The van der Waals surface area contributed by atoms with E-state index in [1.54, 1.807) is 0 Å². The van der Waals surface area contributed by atoms with Crippen molar-refractivity contribution in [1.29, 1.82) is 0 Å². The van der Waals surface area contributed by atoms with Crippen LogP contribution in [0.5, 0.6) is 0 Å². The van der Waals surface area contributed by atoms with Crippen LogP contribution in [0.25, 0.3) is 0 Å². The van der Waals surface area contributed by atoms with Gasteiger partial charge in [-0.1, -0.05) is 11.2 Å². The van der Waals surface area contributed by atoms with Gasteiger partial charge in [-0.25, -0.2) is 9.37 Å². The molecular weight excluding hydrogens is 504 g/mol. The van der Waals surface area contributed by atoms with Crippen molar-refractivity contribution in [2.45, 2.75) is 57.0 Å². The summed E-state index contributed by atoms with van der Waals surface area (Å²) in [7, 11) is 0. The molecule has 1 atom stereocenters. The number of halogens is 5. The third kappa shape index (κ3) is 7.16. The summed E-state index contributed by atoms with van der Waals surface area (Å²) in [6.45, 7) is 0.908. The molecule has 2 N–H and O–H groups in total. The molecule has 0 spiro atoms. The molecule has 1 aliphatic heterocycles. The van der Waals surface area contributed by atoms with Crippen molar-refractivity contribution in [3.63, 3.8) is 0 Å². The first-order chi connectivity index (χ1) is 16.7. The van der Waals surface area contributed by atoms with Crippen molar-refractivity contribution in [2.75, 3.05) is 11.9 Å². The molecule has 0 saturated carbocycles. The number of anilines is 1. The minimum Gasteiger partial charge on any atom is -0.481 e. The van der Waals surface area contributed by atoms with Crippen molar-refractivity contribution in [3.05, 3.63) is 70.2 Å². The van der Waals surface area contributed by atoms with Gasteiger partial charge in [0.15, 0.2) is 5.82 Å². The number of hydrogen-bond acceptors (Lipinski definition) is 6. The maximum absolute atomic E-state index is 13.9. The van der Waals surface area contributed by atoms with E-state index in [1.807, 2.05) is 6.07 Å². The lowest BCUT2D eigenvalue weighted by molar-refractivity contribution is -0.138. The van der Waals surface area contributed by atoms with E-state index in [1.165, 1.54) is 5.56 Å². The molecule has 0 fully saturated rings. The number of aryl methyl sites for hydroxylation is 3. The molecule has 12 heteroatoms. The molecule has 3 aromatic rings. The molecule has 7 nitrogen and oxygen atoms in total. The van der Waals surface area contributed by atoms with E-state index in [4.69, 9.17) is 4.52 Å². The summed E-state index contributed by atoms with van der Waals surface area (Å²) in [5.74, 6) is -1.89. The Morgan fingerprint density at radius 1 is 1.17 bits per heavy atom. The number of carboxylic acid groups (broad SMARTS) is 1. The lowest BCUT2D eigenvalue weighted by Gasteiger charge is -2.17. The molecule has 1 aliphatic rings. The van der Waals surface area contributed by atoms with Gasteiger partial charge in [-0.3, -0.25) is 4.79 Å². The highest BCUT2D eigenvalue weighted by atomic mass is 35.5. The fraction of sp³-hybridized carbons (Fsp3) is 0.417. The SMILES string of the molecule is Cl.O=C(O)CC(Cc1nc(CCCc2ccc3c(n2)NCCC3)no1)c1cc(F)cc(C(F)(F)F)c1. The zero-order valence-electron chi connectivity index (χ0n) is 19.1. The molecule has 194 valence electrons. The van der Waals surface area contributed by atoms with E-state index in [0.29, 0.717) is 31.2 Å². The van der Waals surface area contributed by atoms with Gasteiger partial charge < -0.3 is 14.9 Å². The number of benzene rings is 1. The van der Waals surface area contributed by atoms with E-state index < -0.39 is 35.9 Å². The Morgan fingerprint density at radius 3 is 2.72 bits per heavy atom. The number of rotatable bonds is 9. The molecule has 0 amide bonds. The number of alkyl halides is 3. The summed E-state index contributed by atoms with van der Waals surface area (Å²) in [6.07, 6.45) is -1.43. The van der Waals surface area contributed by atoms with Crippen LogP contribution >= 0.6 is 12.4 Å². The van der Waals surface area contributed by atoms with Crippen molar-refractivity contribution in [2.24, 2.45) is 0 Å². The van der Waals surface area contributed by atoms with Gasteiger partial charge in [-0.2, -0.15) is 18.2 Å². The van der Waals surface area contributed by atoms with E-state index >= 15 is 0 Å². The van der Waals surface area contributed by atoms with Crippen LogP contribution in [-0.2, 0) is 36.7 Å². The Bertz CT molecular complexity index is 1200. The smallest absolute Gasteiger partial charge is 0.416 e. The lowest BCUT2D eigenvalue weighted by atomic mass is 9.91. The summed E-state index contributed by atoms with van der Waals surface area (Å²) in [5.41, 5.74) is 0.876. The molecule has 0 saturated heterocycles. The first kappa shape index (κ1) is 27.4. The second kappa shape index (κ2) is 11.7. The normalized spacial score (nSPS) is 13.9. The highest BCUT2D eigenvalue weighted by Crippen LogP contribution is 2.34. The van der Waals surface area contributed by atoms with Crippen molar-refractivity contribution in [1.82, 2.24) is 15.1 Å². The number of fused-ring (bicyclic) bond motifs is 1. The topological polar surface area (TPSA) is 101 Å². The minimum atomic E-state index is -4.76. The highest BCUT2D eigenvalue weighted by molar-refractivity contribution is 5.85. The Hall–Kier alpha value is -3.21. The fourth-order valence-corrected chi connectivity index (χ4v) is 4.15. The van der Waals surface area contributed by atoms with Crippen LogP contribution in [0.1, 0.15) is 59.3 Å². The Morgan fingerprint density at radius 2 is 1.97 bits per heavy atom. The third-order valence-corrected chi connectivity index (χ3v) is 5.86. The Balaban J connectivity index is 0.00000361. The maximum atomic E-state index is 13.9. The van der Waals surface area contributed by atoms with Crippen LogP contribution in [0.3, 0.4) is 0 Å². The van der Waals surface area contributed by atoms with Crippen LogP contribution in [-0.4, -0.2) is 32.7 Å². The molecule has 0 radical (unpaired) electrons. The molecule has 3 heterocycles. The number of nitrogens with zero attached hydrogens (tertiary/aromatic N) is 3. The zero-order chi connectivity index (χ0) is 25.0. The summed E-state index contributed by atoms with van der Waals surface area (Å²) in [6, 6.07) is 6.11. The Labute approximate surface area is 210 Å². The second-order valence-corrected chi connectivity index (χ2v) is 8.57. The minimum absolute atomic E-state index is 0. The van der Waals surface area contributed by atoms with Crippen molar-refractivity contribution >= 4 is 24.2 Å². The van der Waals surface area contributed by atoms with Gasteiger partial charge in [0.1, 0.15) is 11.6 Å². The molecule has 36 heavy (non-hydrogen) atoms. The standard InChI is InChI=1S/C24H24F4N4O3.ClH/c25-18-10-15(9-17(13-18)24(26,27)28)16(12-22(33)34)11-21-31-20(32-35-21)5-1-4-19-7-6-14-3-2-8-29-23(14)30-19;/h6-7,9-10,13,16H,1-5,8,11-12H2,(H,29,30)(H,33,34);1H. The number of aromatic nitrogens is 3. The molecule has 1 unspecified atom stereocenters. The first-order valence-corrected chi connectivity index (χ1v) is 11.3. The molecule has 0 aliphatic carbocycles. The monoisotopic (exact) mass is 528 g/mol. The van der Waals surface area contributed by atoms with Gasteiger partial charge in [0.05, 0.1) is 12.0 Å². The number of hydrogen-bond donors (Lipinski definition) is 2. The van der Waals surface area contributed by atoms with Crippen LogP contribution in [0, 0.1) is 5.82 Å². The molecule has 1 aromatic carbocycles. The van der Waals surface area contributed by atoms with Crippen LogP contribution in [0.2, 0.25) is 0 Å². The summed E-state index contributed by atoms with van der Waals surface area (Å²) in [5, 5.41) is 16.4. The number of pyridine rings is 1. The highest BCUT2D eigenvalue weighted by Gasteiger charge is 2.32. The molecular formula is C24H25ClF4N4O3. The van der Waals surface area contributed by atoms with E-state index in [-0.39, 0.29) is 30.3 Å². The largest absolute Gasteiger partial charge is 0.481 e. The van der Waals surface area contributed by atoms with Crippen LogP contribution in [0.15, 0.2) is 34.9 Å². The van der Waals surface area contributed by atoms with Gasteiger partial charge in [-0.05, 0) is 61.1 Å². The first-order valence-electron chi connectivity index (χ1n) is 11.3. The average Bonchev–Trinajstić information content (AvgIpc) is 3.24. The van der Waals surface area contributed by atoms with Gasteiger partial charge >= 0.3 is 12.1 Å². The van der Waals surface area contributed by atoms with Crippen LogP contribution < -0.4 is 5.32 Å². The Kier molecular flexibility index (Phi) is 8.89. The summed E-state index contributed by atoms with van der Waals surface area (Å²) in [4.78, 5) is 20.2. The van der Waals surface area contributed by atoms with Crippen molar-refractivity contribution in [3.8, 4) is 0 Å². The van der Waals surface area contributed by atoms with Gasteiger partial charge in [0.25, 0.3) is 0 Å². The summed E-state index contributed by atoms with van der Waals surface area (Å²) < 4.78 is 58.4. The quantitative estimate of drug-likeness (QED) is 0.360. The zero-order valence-corrected chi connectivity index (χ0v) is 20.0. The third-order valence-electron chi connectivity index (χ3n) is 5.86. The summed E-state index contributed by atoms with van der Waals surface area (Å²) >= 11 is 0. The number of nitrogens with one attached hydrogen (secondary N) is 1. The number of carboxylic acids is 1. The predicted molar refractivity (Wildman–Crippen MR) is 125 cm³/mol. The number of carbonyl (C=O) groups is 1. The van der Waals surface area contributed by atoms with Crippen molar-refractivity contribution < 1.29 is 32.0 Å². The maximum Gasteiger partial charge on any atom is 0.416 e. The molecule has 0 bridgehead atoms. The van der Waals surface area contributed by atoms with E-state index in [9.17, 15) is 27.5 Å². The van der Waals surface area contributed by atoms with Gasteiger partial charge in [-0.15, -0.1) is 12.4 Å². The van der Waals surface area contributed by atoms with Gasteiger partial charge in [0.2, 0.25) is 5.89 Å². The predicted octanol–water partition coefficient (Wildman–Crippen LogP) is 5.38. The average molecular weight is 529 g/mol. The van der Waals surface area contributed by atoms with Gasteiger partial charge in [0, 0.05) is 31.0 Å². The second-order valence-electron chi connectivity index (χ2n) is 8.57. The van der Waals surface area contributed by atoms with E-state index in [0.717, 1.165) is 43.0 Å². The lowest BCUT2D eigenvalue weighted by Crippen LogP contribution is -2.14. The van der Waals surface area contributed by atoms with E-state index in [2.05, 4.69) is 26.5 Å². The van der Waals surface area contributed by atoms with Crippen LogP contribution in [0.4, 0.5) is 23.4 Å².